The van der Waals surface area contributed by atoms with E-state index in [1.54, 1.807) is 6.20 Å². The number of carbonyl (C=O) groups is 1. The Labute approximate surface area is 108 Å². The van der Waals surface area contributed by atoms with Crippen molar-refractivity contribution < 1.29 is 4.79 Å². The second-order valence-corrected chi connectivity index (χ2v) is 4.87. The van der Waals surface area contributed by atoms with Crippen LogP contribution in [0.3, 0.4) is 0 Å². The molecule has 0 spiro atoms. The zero-order valence-corrected chi connectivity index (χ0v) is 11.5. The van der Waals surface area contributed by atoms with Gasteiger partial charge < -0.3 is 16.0 Å². The maximum absolute atomic E-state index is 12.0. The van der Waals surface area contributed by atoms with Crippen molar-refractivity contribution in [2.45, 2.75) is 13.8 Å². The summed E-state index contributed by atoms with van der Waals surface area (Å²) in [7, 11) is 3.84. The molecule has 18 heavy (non-hydrogen) atoms. The van der Waals surface area contributed by atoms with Crippen molar-refractivity contribution in [3.8, 4) is 0 Å². The minimum absolute atomic E-state index is 0.0492. The Bertz CT molecular complexity index is 386. The molecule has 1 atom stereocenters. The molecular formula is C13H22N4O. The molecule has 5 heteroatoms. The van der Waals surface area contributed by atoms with Crippen LogP contribution < -0.4 is 16.0 Å². The minimum atomic E-state index is -0.168. The van der Waals surface area contributed by atoms with Crippen molar-refractivity contribution in [1.29, 1.82) is 0 Å². The van der Waals surface area contributed by atoms with Crippen LogP contribution in [0.25, 0.3) is 0 Å². The monoisotopic (exact) mass is 250 g/mol. The molecule has 1 aromatic rings. The molecule has 0 fully saturated rings. The van der Waals surface area contributed by atoms with E-state index in [1.165, 1.54) is 0 Å². The third-order valence-electron chi connectivity index (χ3n) is 2.87. The molecule has 0 aliphatic heterocycles. The summed E-state index contributed by atoms with van der Waals surface area (Å²) in [5, 5.41) is 2.84. The molecule has 3 N–H and O–H groups in total. The van der Waals surface area contributed by atoms with Crippen molar-refractivity contribution in [3.05, 3.63) is 18.3 Å². The number of carbonyl (C=O) groups excluding carboxylic acids is 1. The fraction of sp³-hybridized carbons (Fsp3) is 0.538. The molecule has 0 saturated carbocycles. The molecule has 1 amide bonds. The van der Waals surface area contributed by atoms with Gasteiger partial charge in [-0.15, -0.1) is 0 Å². The zero-order chi connectivity index (χ0) is 13.7. The summed E-state index contributed by atoms with van der Waals surface area (Å²) < 4.78 is 0. The molecule has 0 aliphatic rings. The van der Waals surface area contributed by atoms with Crippen LogP contribution in [0.5, 0.6) is 0 Å². The zero-order valence-electron chi connectivity index (χ0n) is 11.5. The first-order valence-electron chi connectivity index (χ1n) is 6.10. The van der Waals surface area contributed by atoms with Gasteiger partial charge in [0.1, 0.15) is 5.82 Å². The molecule has 1 heterocycles. The topological polar surface area (TPSA) is 71.2 Å². The molecule has 1 unspecified atom stereocenters. The van der Waals surface area contributed by atoms with Gasteiger partial charge in [0.25, 0.3) is 0 Å². The Hall–Kier alpha value is -1.62. The van der Waals surface area contributed by atoms with E-state index in [4.69, 9.17) is 5.73 Å². The predicted octanol–water partition coefficient (Wildman–Crippen LogP) is 1.32. The number of nitrogens with zero attached hydrogens (tertiary/aromatic N) is 2. The summed E-state index contributed by atoms with van der Waals surface area (Å²) in [5.74, 6) is 0.863. The Morgan fingerprint density at radius 2 is 2.11 bits per heavy atom. The molecule has 0 aliphatic carbocycles. The lowest BCUT2D eigenvalue weighted by molar-refractivity contribution is -0.120. The van der Waals surface area contributed by atoms with Gasteiger partial charge in [-0.1, -0.05) is 13.8 Å². The standard InChI is InChI=1S/C13H22N4O/c1-9(2)11(7-14)13(18)16-10-5-6-12(15-8-10)17(3)4/h5-6,8-9,11H,7,14H2,1-4H3,(H,16,18). The molecular weight excluding hydrogens is 228 g/mol. The largest absolute Gasteiger partial charge is 0.363 e. The van der Waals surface area contributed by atoms with E-state index < -0.39 is 0 Å². The molecule has 1 rings (SSSR count). The highest BCUT2D eigenvalue weighted by Gasteiger charge is 2.20. The Morgan fingerprint density at radius 3 is 2.50 bits per heavy atom. The second kappa shape index (κ2) is 6.35. The van der Waals surface area contributed by atoms with Crippen LogP contribution in [-0.2, 0) is 4.79 Å². The molecule has 100 valence electrons. The van der Waals surface area contributed by atoms with E-state index in [2.05, 4.69) is 10.3 Å². The number of hydrogen-bond donors (Lipinski definition) is 2. The van der Waals surface area contributed by atoms with Crippen LogP contribution in [0.1, 0.15) is 13.8 Å². The van der Waals surface area contributed by atoms with E-state index in [0.717, 1.165) is 5.82 Å². The van der Waals surface area contributed by atoms with Gasteiger partial charge in [0.15, 0.2) is 0 Å². The van der Waals surface area contributed by atoms with Crippen LogP contribution in [0, 0.1) is 11.8 Å². The average Bonchev–Trinajstić information content (AvgIpc) is 2.29. The van der Waals surface area contributed by atoms with Gasteiger partial charge in [0.05, 0.1) is 17.8 Å². The van der Waals surface area contributed by atoms with Gasteiger partial charge in [-0.3, -0.25) is 4.79 Å². The van der Waals surface area contributed by atoms with Crippen molar-refractivity contribution in [1.82, 2.24) is 4.98 Å². The Kier molecular flexibility index (Phi) is 5.09. The van der Waals surface area contributed by atoms with E-state index >= 15 is 0 Å². The number of pyridine rings is 1. The first kappa shape index (κ1) is 14.4. The van der Waals surface area contributed by atoms with E-state index in [0.29, 0.717) is 12.2 Å². The fourth-order valence-electron chi connectivity index (χ4n) is 1.64. The fourth-order valence-corrected chi connectivity index (χ4v) is 1.64. The predicted molar refractivity (Wildman–Crippen MR) is 74.6 cm³/mol. The third kappa shape index (κ3) is 3.70. The van der Waals surface area contributed by atoms with Gasteiger partial charge in [-0.05, 0) is 18.1 Å². The van der Waals surface area contributed by atoms with Gasteiger partial charge >= 0.3 is 0 Å². The summed E-state index contributed by atoms with van der Waals surface area (Å²) in [6.45, 7) is 4.34. The summed E-state index contributed by atoms with van der Waals surface area (Å²) in [6, 6.07) is 3.70. The first-order valence-corrected chi connectivity index (χ1v) is 6.10. The maximum Gasteiger partial charge on any atom is 0.229 e. The minimum Gasteiger partial charge on any atom is -0.363 e. The highest BCUT2D eigenvalue weighted by molar-refractivity contribution is 5.92. The maximum atomic E-state index is 12.0. The van der Waals surface area contributed by atoms with Crippen LogP contribution >= 0.6 is 0 Å². The summed E-state index contributed by atoms with van der Waals surface area (Å²) in [6.07, 6.45) is 1.65. The number of amides is 1. The number of anilines is 2. The molecule has 0 bridgehead atoms. The quantitative estimate of drug-likeness (QED) is 0.826. The lowest BCUT2D eigenvalue weighted by Gasteiger charge is -2.18. The van der Waals surface area contributed by atoms with Gasteiger partial charge in [0.2, 0.25) is 5.91 Å². The molecule has 5 nitrogen and oxygen atoms in total. The van der Waals surface area contributed by atoms with Gasteiger partial charge in [-0.25, -0.2) is 4.98 Å². The van der Waals surface area contributed by atoms with Crippen LogP contribution in [0.15, 0.2) is 18.3 Å². The van der Waals surface area contributed by atoms with E-state index in [1.807, 2.05) is 45.0 Å². The number of aromatic nitrogens is 1. The highest BCUT2D eigenvalue weighted by atomic mass is 16.1. The van der Waals surface area contributed by atoms with Crippen molar-refractivity contribution >= 4 is 17.4 Å². The van der Waals surface area contributed by atoms with Crippen molar-refractivity contribution in [3.63, 3.8) is 0 Å². The smallest absolute Gasteiger partial charge is 0.229 e. The van der Waals surface area contributed by atoms with Crippen molar-refractivity contribution in [2.24, 2.45) is 17.6 Å². The van der Waals surface area contributed by atoms with Crippen molar-refractivity contribution in [2.75, 3.05) is 30.9 Å². The van der Waals surface area contributed by atoms with Gasteiger partial charge in [0, 0.05) is 20.6 Å². The number of rotatable bonds is 5. The number of nitrogens with one attached hydrogen (secondary N) is 1. The Morgan fingerprint density at radius 1 is 1.44 bits per heavy atom. The first-order chi connectivity index (χ1) is 8.45. The average molecular weight is 250 g/mol. The van der Waals surface area contributed by atoms with E-state index in [-0.39, 0.29) is 17.7 Å². The third-order valence-corrected chi connectivity index (χ3v) is 2.87. The normalized spacial score (nSPS) is 12.3. The number of hydrogen-bond acceptors (Lipinski definition) is 4. The lowest BCUT2D eigenvalue weighted by Crippen LogP contribution is -2.33. The summed E-state index contributed by atoms with van der Waals surface area (Å²) in [4.78, 5) is 18.1. The number of nitrogens with two attached hydrogens (primary N) is 1. The Balaban J connectivity index is 2.70. The van der Waals surface area contributed by atoms with Crippen LogP contribution in [-0.4, -0.2) is 31.5 Å². The lowest BCUT2D eigenvalue weighted by atomic mass is 9.95. The summed E-state index contributed by atoms with van der Waals surface area (Å²) in [5.41, 5.74) is 6.31. The van der Waals surface area contributed by atoms with E-state index in [9.17, 15) is 4.79 Å². The van der Waals surface area contributed by atoms with Crippen LogP contribution in [0.4, 0.5) is 11.5 Å². The summed E-state index contributed by atoms with van der Waals surface area (Å²) >= 11 is 0. The molecule has 0 saturated heterocycles. The SMILES string of the molecule is CC(C)C(CN)C(=O)Nc1ccc(N(C)C)nc1. The highest BCUT2D eigenvalue weighted by Crippen LogP contribution is 2.15. The van der Waals surface area contributed by atoms with Crippen LogP contribution in [0.2, 0.25) is 0 Å². The molecule has 0 radical (unpaired) electrons. The molecule has 0 aromatic carbocycles. The molecule has 1 aromatic heterocycles. The second-order valence-electron chi connectivity index (χ2n) is 4.87. The van der Waals surface area contributed by atoms with Gasteiger partial charge in [-0.2, -0.15) is 0 Å².